The van der Waals surface area contributed by atoms with Gasteiger partial charge in [-0.25, -0.2) is 5.21 Å². The lowest BCUT2D eigenvalue weighted by Gasteiger charge is -2.00. The molecule has 6 nitrogen and oxygen atoms in total. The topological polar surface area (TPSA) is 81.8 Å². The Kier molecular flexibility index (Phi) is 4.45. The monoisotopic (exact) mass is 258 g/mol. The summed E-state index contributed by atoms with van der Waals surface area (Å²) in [5.41, 5.74) is 0.921. The molecule has 0 spiro atoms. The molecule has 94 valence electrons. The average Bonchev–Trinajstić information content (AvgIpc) is 2.26. The van der Waals surface area contributed by atoms with Crippen LogP contribution in [0.15, 0.2) is 33.7 Å². The molecule has 1 rings (SSSR count). The van der Waals surface area contributed by atoms with Gasteiger partial charge >= 0.3 is 10.0 Å². The summed E-state index contributed by atoms with van der Waals surface area (Å²) in [5, 5.41) is 10.7. The lowest BCUT2D eigenvalue weighted by Crippen LogP contribution is -2.08. The van der Waals surface area contributed by atoms with Crippen molar-refractivity contribution in [2.24, 2.45) is 4.52 Å². The van der Waals surface area contributed by atoms with E-state index in [1.165, 1.54) is 12.1 Å². The molecule has 1 aromatic carbocycles. The summed E-state index contributed by atoms with van der Waals surface area (Å²) in [4.78, 5) is 4.47. The van der Waals surface area contributed by atoms with Gasteiger partial charge in [0.05, 0.1) is 11.5 Å². The van der Waals surface area contributed by atoms with Crippen LogP contribution in [0.1, 0.15) is 18.9 Å². The van der Waals surface area contributed by atoms with Gasteiger partial charge in [-0.3, -0.25) is 0 Å². The van der Waals surface area contributed by atoms with Crippen molar-refractivity contribution >= 4 is 10.0 Å². The van der Waals surface area contributed by atoms with Gasteiger partial charge in [0, 0.05) is 0 Å². The summed E-state index contributed by atoms with van der Waals surface area (Å²) in [6.07, 6.45) is 0.596. The first-order chi connectivity index (χ1) is 7.95. The van der Waals surface area contributed by atoms with Crippen LogP contribution in [0.4, 0.5) is 0 Å². The SMILES string of the molecule is CCCO/[N+]([O-])=N\S(=O)(=O)c1ccc(C)cc1. The van der Waals surface area contributed by atoms with Crippen LogP contribution in [-0.4, -0.2) is 20.0 Å². The molecule has 0 amide bonds. The van der Waals surface area contributed by atoms with Gasteiger partial charge < -0.3 is 4.84 Å². The van der Waals surface area contributed by atoms with Crippen LogP contribution >= 0.6 is 0 Å². The van der Waals surface area contributed by atoms with Crippen LogP contribution in [0.25, 0.3) is 0 Å². The highest BCUT2D eigenvalue weighted by atomic mass is 32.2. The molecule has 17 heavy (non-hydrogen) atoms. The molecule has 7 heteroatoms. The minimum absolute atomic E-state index is 0.0379. The lowest BCUT2D eigenvalue weighted by atomic mass is 10.2. The predicted octanol–water partition coefficient (Wildman–Crippen LogP) is 1.99. The fourth-order valence-corrected chi connectivity index (χ4v) is 1.84. The number of nitrogens with zero attached hydrogens (tertiary/aromatic N) is 2. The second-order valence-corrected chi connectivity index (χ2v) is 5.03. The maximum atomic E-state index is 11.6. The Bertz CT molecular complexity index is 494. The largest absolute Gasteiger partial charge is 0.380 e. The van der Waals surface area contributed by atoms with Crippen molar-refractivity contribution in [3.05, 3.63) is 35.0 Å². The molecule has 0 saturated heterocycles. The van der Waals surface area contributed by atoms with Crippen molar-refractivity contribution in [2.45, 2.75) is 25.2 Å². The molecule has 0 unspecified atom stereocenters. The van der Waals surface area contributed by atoms with Crippen LogP contribution in [0, 0.1) is 12.1 Å². The third-order valence-corrected chi connectivity index (χ3v) is 3.12. The first-order valence-electron chi connectivity index (χ1n) is 5.10. The molecule has 1 aromatic rings. The second kappa shape index (κ2) is 5.62. The quantitative estimate of drug-likeness (QED) is 0.597. The zero-order valence-corrected chi connectivity index (χ0v) is 10.5. The molecule has 0 aliphatic heterocycles. The van der Waals surface area contributed by atoms with E-state index >= 15 is 0 Å². The first kappa shape index (κ1) is 13.4. The number of rotatable bonds is 5. The van der Waals surface area contributed by atoms with Gasteiger partial charge in [-0.2, -0.15) is 8.42 Å². The van der Waals surface area contributed by atoms with Crippen LogP contribution in [0.2, 0.25) is 0 Å². The summed E-state index contributed by atoms with van der Waals surface area (Å²) >= 11 is 0. The number of sulfonamides is 1. The van der Waals surface area contributed by atoms with Crippen molar-refractivity contribution < 1.29 is 18.3 Å². The highest BCUT2D eigenvalue weighted by Crippen LogP contribution is 2.13. The first-order valence-corrected chi connectivity index (χ1v) is 6.54. The third kappa shape index (κ3) is 4.03. The van der Waals surface area contributed by atoms with Gasteiger partial charge in [0.25, 0.3) is 0 Å². The lowest BCUT2D eigenvalue weighted by molar-refractivity contribution is -0.784. The van der Waals surface area contributed by atoms with E-state index in [9.17, 15) is 13.6 Å². The Balaban J connectivity index is 2.92. The molecule has 0 radical (unpaired) electrons. The maximum absolute atomic E-state index is 11.6. The van der Waals surface area contributed by atoms with Crippen LogP contribution in [0.5, 0.6) is 0 Å². The summed E-state index contributed by atoms with van der Waals surface area (Å²) < 4.78 is 26.2. The Labute approximate surface area is 100 Å². The second-order valence-electron chi connectivity index (χ2n) is 3.44. The summed E-state index contributed by atoms with van der Waals surface area (Å²) in [7, 11) is -3.99. The minimum Gasteiger partial charge on any atom is -0.380 e. The van der Waals surface area contributed by atoms with E-state index in [4.69, 9.17) is 0 Å². The van der Waals surface area contributed by atoms with Crippen LogP contribution < -0.4 is 0 Å². The molecule has 0 heterocycles. The van der Waals surface area contributed by atoms with Crippen molar-refractivity contribution in [3.8, 4) is 0 Å². The van der Waals surface area contributed by atoms with Gasteiger partial charge in [0.15, 0.2) is 9.54 Å². The zero-order chi connectivity index (χ0) is 12.9. The third-order valence-electron chi connectivity index (χ3n) is 1.90. The Morgan fingerprint density at radius 1 is 1.35 bits per heavy atom. The van der Waals surface area contributed by atoms with Crippen molar-refractivity contribution in [3.63, 3.8) is 0 Å². The van der Waals surface area contributed by atoms with E-state index in [1.807, 2.05) is 6.92 Å². The molecule has 0 aromatic heterocycles. The van der Waals surface area contributed by atoms with Crippen molar-refractivity contribution in [1.29, 1.82) is 0 Å². The molecular weight excluding hydrogens is 244 g/mol. The van der Waals surface area contributed by atoms with E-state index in [2.05, 4.69) is 9.36 Å². The highest BCUT2D eigenvalue weighted by molar-refractivity contribution is 7.89. The van der Waals surface area contributed by atoms with Crippen molar-refractivity contribution in [2.75, 3.05) is 6.61 Å². The number of hydrogen-bond acceptors (Lipinski definition) is 4. The average molecular weight is 258 g/mol. The Hall–Kier alpha value is -1.63. The van der Waals surface area contributed by atoms with E-state index in [-0.39, 0.29) is 16.5 Å². The Morgan fingerprint density at radius 3 is 2.47 bits per heavy atom. The molecule has 0 fully saturated rings. The number of benzene rings is 1. The molecular formula is C10H14N2O4S. The molecule has 0 saturated carbocycles. The maximum Gasteiger partial charge on any atom is 0.342 e. The van der Waals surface area contributed by atoms with Crippen molar-refractivity contribution in [1.82, 2.24) is 0 Å². The van der Waals surface area contributed by atoms with Gasteiger partial charge in [-0.1, -0.05) is 24.6 Å². The van der Waals surface area contributed by atoms with E-state index < -0.39 is 10.0 Å². The normalized spacial score (nSPS) is 12.5. The van der Waals surface area contributed by atoms with E-state index in [1.54, 1.807) is 19.1 Å². The predicted molar refractivity (Wildman–Crippen MR) is 60.7 cm³/mol. The molecule has 0 aliphatic carbocycles. The van der Waals surface area contributed by atoms with E-state index in [0.29, 0.717) is 6.42 Å². The van der Waals surface area contributed by atoms with Crippen LogP contribution in [0.3, 0.4) is 0 Å². The molecule has 0 aliphatic rings. The zero-order valence-electron chi connectivity index (χ0n) is 9.66. The minimum atomic E-state index is -3.99. The molecule has 0 bridgehead atoms. The fourth-order valence-electron chi connectivity index (χ4n) is 1.04. The fraction of sp³-hybridized carbons (Fsp3) is 0.400. The standard InChI is InChI=1S/C10H14N2O4S/c1-3-8-16-12(13)11-17(14,15)10-6-4-9(2)5-7-10/h4-7H,3,8H2,1-2H3/b12-11-. The summed E-state index contributed by atoms with van der Waals surface area (Å²) in [6.45, 7) is 3.75. The summed E-state index contributed by atoms with van der Waals surface area (Å²) in [5.74, 6) is 0. The van der Waals surface area contributed by atoms with Gasteiger partial charge in [-0.05, 0) is 25.5 Å². The van der Waals surface area contributed by atoms with Crippen LogP contribution in [-0.2, 0) is 14.9 Å². The Morgan fingerprint density at radius 2 is 1.94 bits per heavy atom. The smallest absolute Gasteiger partial charge is 0.342 e. The van der Waals surface area contributed by atoms with E-state index in [0.717, 1.165) is 5.56 Å². The molecule has 0 atom stereocenters. The van der Waals surface area contributed by atoms with Gasteiger partial charge in [0.1, 0.15) is 0 Å². The van der Waals surface area contributed by atoms with Gasteiger partial charge in [-0.15, -0.1) is 0 Å². The highest BCUT2D eigenvalue weighted by Gasteiger charge is 2.18. The number of aryl methyl sites for hydroxylation is 1. The molecule has 0 N–H and O–H groups in total. The van der Waals surface area contributed by atoms with Gasteiger partial charge in [0.2, 0.25) is 0 Å². The summed E-state index contributed by atoms with van der Waals surface area (Å²) in [6, 6.07) is 6.04. The number of hydrogen-bond donors (Lipinski definition) is 0.